The molecule has 1 unspecified atom stereocenters. The van der Waals surface area contributed by atoms with Crippen LogP contribution in [0.15, 0.2) is 60.8 Å². The summed E-state index contributed by atoms with van der Waals surface area (Å²) in [4.78, 5) is 18.1. The zero-order valence-corrected chi connectivity index (χ0v) is 20.1. The van der Waals surface area contributed by atoms with Crippen LogP contribution in [0.3, 0.4) is 0 Å². The number of aromatic hydroxyl groups is 1. The lowest BCUT2D eigenvalue weighted by molar-refractivity contribution is 0.112. The maximum Gasteiger partial charge on any atom is 0.153 e. The molecule has 6 nitrogen and oxygen atoms in total. The fourth-order valence-electron chi connectivity index (χ4n) is 3.73. The van der Waals surface area contributed by atoms with Gasteiger partial charge in [0, 0.05) is 23.8 Å². The molecule has 174 valence electrons. The van der Waals surface area contributed by atoms with Crippen molar-refractivity contribution in [1.29, 1.82) is 0 Å². The third-order valence-electron chi connectivity index (χ3n) is 5.48. The average molecular weight is 496 g/mol. The molecule has 0 aliphatic rings. The highest BCUT2D eigenvalue weighted by Crippen LogP contribution is 2.38. The molecule has 1 aromatic heterocycles. The van der Waals surface area contributed by atoms with Gasteiger partial charge in [-0.15, -0.1) is 0 Å². The number of carbonyl (C=O) groups excluding carboxylic acids is 1. The molecule has 0 amide bonds. The van der Waals surface area contributed by atoms with Gasteiger partial charge in [-0.25, -0.2) is 0 Å². The zero-order chi connectivity index (χ0) is 24.4. The second kappa shape index (κ2) is 9.99. The molecular formula is C26H23Cl2N3O3. The number of benzene rings is 3. The number of carbonyl (C=O) groups is 1. The molecule has 8 heteroatoms. The molecular weight excluding hydrogens is 473 g/mol. The van der Waals surface area contributed by atoms with Gasteiger partial charge in [0.2, 0.25) is 0 Å². The highest BCUT2D eigenvalue weighted by atomic mass is 35.5. The van der Waals surface area contributed by atoms with Crippen molar-refractivity contribution < 1.29 is 15.0 Å². The smallest absolute Gasteiger partial charge is 0.153 e. The van der Waals surface area contributed by atoms with E-state index in [9.17, 15) is 15.0 Å². The number of hydrogen-bond donors (Lipinski definition) is 3. The van der Waals surface area contributed by atoms with Gasteiger partial charge in [-0.05, 0) is 67.2 Å². The van der Waals surface area contributed by atoms with Crippen LogP contribution < -0.4 is 5.32 Å². The van der Waals surface area contributed by atoms with Crippen molar-refractivity contribution in [2.45, 2.75) is 6.10 Å². The minimum absolute atomic E-state index is 0.150. The molecule has 3 N–H and O–H groups in total. The number of aromatic nitrogens is 1. The number of hydrogen-bond acceptors (Lipinski definition) is 6. The lowest BCUT2D eigenvalue weighted by Crippen LogP contribution is -2.19. The predicted molar refractivity (Wildman–Crippen MR) is 137 cm³/mol. The first-order chi connectivity index (χ1) is 16.3. The van der Waals surface area contributed by atoms with Gasteiger partial charge >= 0.3 is 0 Å². The van der Waals surface area contributed by atoms with Crippen molar-refractivity contribution in [3.63, 3.8) is 0 Å². The van der Waals surface area contributed by atoms with Crippen LogP contribution in [0.5, 0.6) is 5.75 Å². The molecule has 4 aromatic rings. The van der Waals surface area contributed by atoms with E-state index in [-0.39, 0.29) is 15.8 Å². The molecule has 0 radical (unpaired) electrons. The first kappa shape index (κ1) is 24.0. The summed E-state index contributed by atoms with van der Waals surface area (Å²) >= 11 is 12.2. The molecule has 1 heterocycles. The number of nitrogens with zero attached hydrogens (tertiary/aromatic N) is 2. The molecule has 0 bridgehead atoms. The SMILES string of the molecule is CN(C)CC(O)c1ccc(Nc2c(C=O)cnc3ccc(-c4cc(Cl)c(O)c(Cl)c4)cc23)cc1. The monoisotopic (exact) mass is 495 g/mol. The fourth-order valence-corrected chi connectivity index (χ4v) is 4.22. The number of fused-ring (bicyclic) bond motifs is 1. The minimum atomic E-state index is -0.595. The highest BCUT2D eigenvalue weighted by molar-refractivity contribution is 6.37. The predicted octanol–water partition coefficient (Wildman–Crippen LogP) is 6.07. The van der Waals surface area contributed by atoms with Gasteiger partial charge in [-0.3, -0.25) is 9.78 Å². The van der Waals surface area contributed by atoms with Gasteiger partial charge in [-0.2, -0.15) is 0 Å². The highest BCUT2D eigenvalue weighted by Gasteiger charge is 2.14. The van der Waals surface area contributed by atoms with Crippen LogP contribution in [-0.2, 0) is 0 Å². The van der Waals surface area contributed by atoms with Crippen LogP contribution in [0.2, 0.25) is 10.0 Å². The van der Waals surface area contributed by atoms with Gasteiger partial charge in [-0.1, -0.05) is 41.4 Å². The number of phenols is 1. The maximum absolute atomic E-state index is 11.8. The fraction of sp³-hybridized carbons (Fsp3) is 0.154. The van der Waals surface area contributed by atoms with E-state index >= 15 is 0 Å². The first-order valence-corrected chi connectivity index (χ1v) is 11.3. The van der Waals surface area contributed by atoms with E-state index in [1.54, 1.807) is 12.1 Å². The molecule has 1 atom stereocenters. The number of aliphatic hydroxyl groups excluding tert-OH is 1. The van der Waals surface area contributed by atoms with Gasteiger partial charge in [0.15, 0.2) is 12.0 Å². The summed E-state index contributed by atoms with van der Waals surface area (Å²) in [6.07, 6.45) is 1.69. The van der Waals surface area contributed by atoms with Crippen LogP contribution in [0, 0.1) is 0 Å². The maximum atomic E-state index is 11.8. The Balaban J connectivity index is 1.74. The molecule has 0 aliphatic carbocycles. The van der Waals surface area contributed by atoms with Crippen molar-refractivity contribution in [2.75, 3.05) is 26.0 Å². The second-order valence-corrected chi connectivity index (χ2v) is 9.07. The summed E-state index contributed by atoms with van der Waals surface area (Å²) < 4.78 is 0. The Morgan fingerprint density at radius 2 is 1.71 bits per heavy atom. The first-order valence-electron chi connectivity index (χ1n) is 10.5. The number of aliphatic hydroxyl groups is 1. The third kappa shape index (κ3) is 5.00. The molecule has 0 saturated heterocycles. The van der Waals surface area contributed by atoms with Crippen molar-refractivity contribution in [2.24, 2.45) is 0 Å². The standard InChI is InChI=1S/C26H23Cl2N3O3/c1-31(2)13-24(33)15-3-6-19(7-4-15)30-25-18(14-32)12-29-23-8-5-16(9-20(23)25)17-10-21(27)26(34)22(28)11-17/h3-12,14,24,33-34H,13H2,1-2H3,(H,29,30). The lowest BCUT2D eigenvalue weighted by atomic mass is 10.0. The van der Waals surface area contributed by atoms with Crippen LogP contribution in [-0.4, -0.2) is 47.0 Å². The Labute approximate surface area is 207 Å². The van der Waals surface area contributed by atoms with E-state index in [0.717, 1.165) is 34.1 Å². The summed E-state index contributed by atoms with van der Waals surface area (Å²) in [5.74, 6) is -0.167. The lowest BCUT2D eigenvalue weighted by Gasteiger charge is -2.17. The topological polar surface area (TPSA) is 85.7 Å². The Kier molecular flexibility index (Phi) is 7.05. The van der Waals surface area contributed by atoms with Gasteiger partial charge in [0.25, 0.3) is 0 Å². The van der Waals surface area contributed by atoms with Gasteiger partial charge in [0.05, 0.1) is 32.9 Å². The summed E-state index contributed by atoms with van der Waals surface area (Å²) in [7, 11) is 3.81. The van der Waals surface area contributed by atoms with E-state index in [0.29, 0.717) is 23.3 Å². The van der Waals surface area contributed by atoms with Crippen LogP contribution >= 0.6 is 23.2 Å². The number of likely N-dealkylation sites (N-methyl/N-ethyl adjacent to an activating group) is 1. The summed E-state index contributed by atoms with van der Waals surface area (Å²) in [5, 5.41) is 24.6. The van der Waals surface area contributed by atoms with Crippen LogP contribution in [0.25, 0.3) is 22.0 Å². The summed E-state index contributed by atoms with van der Waals surface area (Å²) in [6.45, 7) is 0.519. The van der Waals surface area contributed by atoms with Crippen molar-refractivity contribution in [3.05, 3.63) is 82.0 Å². The number of rotatable bonds is 7. The van der Waals surface area contributed by atoms with Gasteiger partial charge in [0.1, 0.15) is 0 Å². The normalized spacial score (nSPS) is 12.2. The van der Waals surface area contributed by atoms with E-state index < -0.39 is 6.10 Å². The molecule has 3 aromatic carbocycles. The number of nitrogens with one attached hydrogen (secondary N) is 1. The quantitative estimate of drug-likeness (QED) is 0.270. The number of pyridine rings is 1. The number of halogens is 2. The van der Waals surface area contributed by atoms with Crippen LogP contribution in [0.4, 0.5) is 11.4 Å². The number of aldehydes is 1. The Morgan fingerprint density at radius 3 is 2.32 bits per heavy atom. The Bertz CT molecular complexity index is 1330. The average Bonchev–Trinajstić information content (AvgIpc) is 2.82. The van der Waals surface area contributed by atoms with E-state index in [2.05, 4.69) is 10.3 Å². The number of anilines is 2. The summed E-state index contributed by atoms with van der Waals surface area (Å²) in [6, 6.07) is 16.3. The number of phenolic OH excluding ortho intramolecular Hbond substituents is 1. The van der Waals surface area contributed by atoms with E-state index in [4.69, 9.17) is 23.2 Å². The third-order valence-corrected chi connectivity index (χ3v) is 6.05. The van der Waals surface area contributed by atoms with Crippen LogP contribution in [0.1, 0.15) is 22.0 Å². The van der Waals surface area contributed by atoms with E-state index in [1.807, 2.05) is 61.5 Å². The molecule has 0 spiro atoms. The molecule has 4 rings (SSSR count). The van der Waals surface area contributed by atoms with Gasteiger partial charge < -0.3 is 20.4 Å². The second-order valence-electron chi connectivity index (χ2n) is 8.25. The molecule has 0 saturated carbocycles. The van der Waals surface area contributed by atoms with E-state index in [1.165, 1.54) is 6.20 Å². The van der Waals surface area contributed by atoms with Crippen molar-refractivity contribution >= 4 is 51.8 Å². The largest absolute Gasteiger partial charge is 0.505 e. The Morgan fingerprint density at radius 1 is 1.03 bits per heavy atom. The summed E-state index contributed by atoms with van der Waals surface area (Å²) in [5.41, 5.74) is 4.80. The van der Waals surface area contributed by atoms with Crippen molar-refractivity contribution in [3.8, 4) is 16.9 Å². The minimum Gasteiger partial charge on any atom is -0.505 e. The molecule has 0 aliphatic heterocycles. The molecule has 34 heavy (non-hydrogen) atoms. The zero-order valence-electron chi connectivity index (χ0n) is 18.6. The molecule has 0 fully saturated rings. The van der Waals surface area contributed by atoms with Crippen molar-refractivity contribution in [1.82, 2.24) is 9.88 Å². The Hall–Kier alpha value is -3.16.